The van der Waals surface area contributed by atoms with Gasteiger partial charge in [0.15, 0.2) is 5.78 Å². The van der Waals surface area contributed by atoms with E-state index in [4.69, 9.17) is 4.98 Å². The lowest BCUT2D eigenvalue weighted by atomic mass is 9.75. The number of anilines is 4. The predicted molar refractivity (Wildman–Crippen MR) is 117 cm³/mol. The van der Waals surface area contributed by atoms with Crippen LogP contribution in [0.2, 0.25) is 0 Å². The Labute approximate surface area is 171 Å². The Morgan fingerprint density at radius 1 is 0.897 bits per heavy atom. The Balaban J connectivity index is 1.74. The molecule has 1 aromatic heterocycles. The molecule has 5 heteroatoms. The number of fused-ring (bicyclic) bond motifs is 1. The predicted octanol–water partition coefficient (Wildman–Crippen LogP) is 5.68. The fraction of sp³-hybridized carbons (Fsp3) is 0.292. The molecule has 1 aliphatic rings. The first-order valence-electron chi connectivity index (χ1n) is 10.1. The van der Waals surface area contributed by atoms with Crippen LogP contribution in [0.1, 0.15) is 48.8 Å². The van der Waals surface area contributed by atoms with Crippen molar-refractivity contribution in [3.63, 3.8) is 0 Å². The molecule has 1 aliphatic carbocycles. The molecule has 0 saturated carbocycles. The first-order chi connectivity index (χ1) is 13.9. The van der Waals surface area contributed by atoms with E-state index in [2.05, 4.69) is 48.5 Å². The van der Waals surface area contributed by atoms with Crippen LogP contribution < -0.4 is 10.6 Å². The maximum absolute atomic E-state index is 12.9. The Hall–Kier alpha value is -3.21. The summed E-state index contributed by atoms with van der Waals surface area (Å²) < 4.78 is 0. The molecule has 0 atom stereocenters. The molecule has 2 aromatic carbocycles. The molecule has 2 N–H and O–H groups in total. The molecular formula is C24H26N4O. The lowest BCUT2D eigenvalue weighted by molar-refractivity contribution is 0.0911. The van der Waals surface area contributed by atoms with Gasteiger partial charge in [0, 0.05) is 17.8 Å². The molecular weight excluding hydrogens is 360 g/mol. The number of aryl methyl sites for hydroxylation is 1. The van der Waals surface area contributed by atoms with Crippen molar-refractivity contribution in [1.82, 2.24) is 9.97 Å². The quantitative estimate of drug-likeness (QED) is 0.590. The summed E-state index contributed by atoms with van der Waals surface area (Å²) in [5.74, 6) is 1.15. The maximum atomic E-state index is 12.9. The highest BCUT2D eigenvalue weighted by Gasteiger charge is 2.35. The first-order valence-corrected chi connectivity index (χ1v) is 10.1. The number of hydrogen-bond acceptors (Lipinski definition) is 5. The second-order valence-corrected chi connectivity index (χ2v) is 8.32. The highest BCUT2D eigenvalue weighted by Crippen LogP contribution is 2.37. The van der Waals surface area contributed by atoms with Crippen LogP contribution in [-0.4, -0.2) is 15.8 Å². The lowest BCUT2D eigenvalue weighted by Crippen LogP contribution is -2.29. The van der Waals surface area contributed by atoms with Crippen LogP contribution in [0.15, 0.2) is 54.6 Å². The van der Waals surface area contributed by atoms with E-state index >= 15 is 0 Å². The van der Waals surface area contributed by atoms with E-state index < -0.39 is 0 Å². The molecule has 1 heterocycles. The Morgan fingerprint density at radius 2 is 1.59 bits per heavy atom. The molecule has 0 spiro atoms. The molecule has 0 saturated heterocycles. The molecule has 148 valence electrons. The third-order valence-electron chi connectivity index (χ3n) is 5.20. The van der Waals surface area contributed by atoms with Crippen molar-refractivity contribution in [1.29, 1.82) is 0 Å². The number of nitrogens with zero attached hydrogens (tertiary/aromatic N) is 2. The zero-order valence-electron chi connectivity index (χ0n) is 17.1. The molecule has 0 fully saturated rings. The number of hydrogen-bond donors (Lipinski definition) is 2. The summed E-state index contributed by atoms with van der Waals surface area (Å²) in [6.45, 7) is 6.35. The van der Waals surface area contributed by atoms with Gasteiger partial charge in [-0.15, -0.1) is 0 Å². The minimum absolute atomic E-state index is 0.0912. The molecule has 5 nitrogen and oxygen atoms in total. The molecule has 0 bridgehead atoms. The van der Waals surface area contributed by atoms with E-state index in [1.807, 2.05) is 42.5 Å². The van der Waals surface area contributed by atoms with Gasteiger partial charge in [0.25, 0.3) is 0 Å². The summed E-state index contributed by atoms with van der Waals surface area (Å²) in [5.41, 5.74) is 4.40. The van der Waals surface area contributed by atoms with Crippen LogP contribution >= 0.6 is 0 Å². The van der Waals surface area contributed by atoms with Gasteiger partial charge in [-0.05, 0) is 48.1 Å². The van der Waals surface area contributed by atoms with Crippen LogP contribution in [0.5, 0.6) is 0 Å². The zero-order chi connectivity index (χ0) is 20.4. The van der Waals surface area contributed by atoms with Gasteiger partial charge in [-0.1, -0.05) is 51.1 Å². The topological polar surface area (TPSA) is 66.9 Å². The first kappa shape index (κ1) is 19.1. The van der Waals surface area contributed by atoms with E-state index in [0.717, 1.165) is 29.9 Å². The zero-order valence-corrected chi connectivity index (χ0v) is 17.1. The Morgan fingerprint density at radius 3 is 2.28 bits per heavy atom. The normalized spacial score (nSPS) is 14.9. The van der Waals surface area contributed by atoms with E-state index in [1.54, 1.807) is 0 Å². The van der Waals surface area contributed by atoms with Gasteiger partial charge in [0.2, 0.25) is 5.95 Å². The number of para-hydroxylation sites is 1. The molecule has 4 rings (SSSR count). The summed E-state index contributed by atoms with van der Waals surface area (Å²) in [6, 6.07) is 18.0. The molecule has 3 aromatic rings. The molecule has 0 unspecified atom stereocenters. The molecule has 0 amide bonds. The highest BCUT2D eigenvalue weighted by molar-refractivity contribution is 6.03. The third-order valence-corrected chi connectivity index (χ3v) is 5.20. The van der Waals surface area contributed by atoms with Crippen molar-refractivity contribution in [2.75, 3.05) is 10.6 Å². The number of nitrogens with one attached hydrogen (secondary N) is 2. The number of Topliss-reactive ketones (excluding diaryl/α,β-unsaturated/α-hetero) is 1. The maximum Gasteiger partial charge on any atom is 0.229 e. The second-order valence-electron chi connectivity index (χ2n) is 8.32. The average Bonchev–Trinajstić information content (AvgIpc) is 2.68. The van der Waals surface area contributed by atoms with Crippen molar-refractivity contribution in [2.45, 2.75) is 40.0 Å². The summed E-state index contributed by atoms with van der Waals surface area (Å²) >= 11 is 0. The number of rotatable bonds is 5. The summed E-state index contributed by atoms with van der Waals surface area (Å²) in [4.78, 5) is 22.3. The summed E-state index contributed by atoms with van der Waals surface area (Å²) in [7, 11) is 0. The third kappa shape index (κ3) is 4.29. The summed E-state index contributed by atoms with van der Waals surface area (Å²) in [6.07, 6.45) is 2.24. The highest BCUT2D eigenvalue weighted by atomic mass is 16.1. The number of aromatic nitrogens is 2. The van der Waals surface area contributed by atoms with Crippen molar-refractivity contribution in [2.24, 2.45) is 5.41 Å². The molecule has 0 radical (unpaired) electrons. The van der Waals surface area contributed by atoms with Crippen molar-refractivity contribution in [3.8, 4) is 0 Å². The Bertz CT molecular complexity index is 1030. The van der Waals surface area contributed by atoms with Gasteiger partial charge in [-0.25, -0.2) is 4.98 Å². The Kier molecular flexibility index (Phi) is 5.05. The van der Waals surface area contributed by atoms with E-state index in [0.29, 0.717) is 23.8 Å². The van der Waals surface area contributed by atoms with Crippen LogP contribution in [-0.2, 0) is 12.8 Å². The smallest absolute Gasteiger partial charge is 0.229 e. The lowest BCUT2D eigenvalue weighted by Gasteiger charge is -2.30. The van der Waals surface area contributed by atoms with Gasteiger partial charge >= 0.3 is 0 Å². The number of benzene rings is 2. The van der Waals surface area contributed by atoms with Crippen LogP contribution in [0.4, 0.5) is 23.1 Å². The van der Waals surface area contributed by atoms with Crippen LogP contribution in [0.25, 0.3) is 0 Å². The van der Waals surface area contributed by atoms with Crippen molar-refractivity contribution in [3.05, 3.63) is 71.4 Å². The van der Waals surface area contributed by atoms with Crippen molar-refractivity contribution < 1.29 is 4.79 Å². The van der Waals surface area contributed by atoms with E-state index in [9.17, 15) is 4.79 Å². The minimum atomic E-state index is -0.109. The summed E-state index contributed by atoms with van der Waals surface area (Å²) in [5, 5.41) is 6.62. The fourth-order valence-electron chi connectivity index (χ4n) is 3.72. The largest absolute Gasteiger partial charge is 0.339 e. The molecule has 29 heavy (non-hydrogen) atoms. The standard InChI is InChI=1S/C24H26N4O/c1-4-16-10-12-18(13-11-16)26-23-27-19-14-24(2,3)15-20(29)21(19)22(28-23)25-17-8-6-5-7-9-17/h5-13H,4,14-15H2,1-3H3,(H2,25,26,27,28). The molecule has 0 aliphatic heterocycles. The van der Waals surface area contributed by atoms with E-state index in [1.165, 1.54) is 5.56 Å². The van der Waals surface area contributed by atoms with Crippen LogP contribution in [0, 0.1) is 5.41 Å². The van der Waals surface area contributed by atoms with E-state index in [-0.39, 0.29) is 11.2 Å². The van der Waals surface area contributed by atoms with Gasteiger partial charge in [-0.3, -0.25) is 4.79 Å². The minimum Gasteiger partial charge on any atom is -0.339 e. The van der Waals surface area contributed by atoms with Gasteiger partial charge in [-0.2, -0.15) is 4.98 Å². The SMILES string of the molecule is CCc1ccc(Nc2nc3c(c(Nc4ccccc4)n2)C(=O)CC(C)(C)C3)cc1. The monoisotopic (exact) mass is 386 g/mol. The average molecular weight is 386 g/mol. The number of carbonyl (C=O) groups is 1. The van der Waals surface area contributed by atoms with Crippen molar-refractivity contribution >= 4 is 28.9 Å². The van der Waals surface area contributed by atoms with Gasteiger partial charge in [0.1, 0.15) is 5.82 Å². The number of carbonyl (C=O) groups excluding carboxylic acids is 1. The van der Waals surface area contributed by atoms with Crippen LogP contribution in [0.3, 0.4) is 0 Å². The van der Waals surface area contributed by atoms with Gasteiger partial charge in [0.05, 0.1) is 11.3 Å². The van der Waals surface area contributed by atoms with Gasteiger partial charge < -0.3 is 10.6 Å². The fourth-order valence-corrected chi connectivity index (χ4v) is 3.72. The second kappa shape index (κ2) is 7.66. The number of ketones is 1.